The smallest absolute Gasteiger partial charge is 0.313 e. The van der Waals surface area contributed by atoms with Crippen LogP contribution in [0.3, 0.4) is 0 Å². The molecule has 4 aromatic rings. The van der Waals surface area contributed by atoms with E-state index in [1.165, 1.54) is 23.5 Å². The summed E-state index contributed by atoms with van der Waals surface area (Å²) in [5.74, 6) is -1.20. The first-order valence-electron chi connectivity index (χ1n) is 9.81. The van der Waals surface area contributed by atoms with Gasteiger partial charge in [-0.05, 0) is 42.3 Å². The third-order valence-electron chi connectivity index (χ3n) is 4.77. The van der Waals surface area contributed by atoms with Crippen molar-refractivity contribution in [2.45, 2.75) is 19.8 Å². The number of anilines is 1. The molecule has 0 saturated carbocycles. The fraction of sp³-hybridized carbons (Fsp3) is 0.182. The second-order valence-electron chi connectivity index (χ2n) is 6.83. The maximum Gasteiger partial charge on any atom is 0.313 e. The number of fused-ring (bicyclic) bond motifs is 1. The molecule has 2 aromatic carbocycles. The van der Waals surface area contributed by atoms with Gasteiger partial charge in [0, 0.05) is 29.6 Å². The maximum absolute atomic E-state index is 13.1. The fourth-order valence-electron chi connectivity index (χ4n) is 3.13. The summed E-state index contributed by atoms with van der Waals surface area (Å²) in [6.45, 7) is 2.26. The Balaban J connectivity index is 1.36. The number of thiazole rings is 1. The highest BCUT2D eigenvalue weighted by Crippen LogP contribution is 2.21. The highest BCUT2D eigenvalue weighted by atomic mass is 32.1. The number of hydrogen-bond donors (Lipinski definition) is 2. The van der Waals surface area contributed by atoms with Crippen LogP contribution in [0.25, 0.3) is 16.3 Å². The molecular weight excluding hydrogens is 417 g/mol. The summed E-state index contributed by atoms with van der Waals surface area (Å²) >= 11 is 1.43. The van der Waals surface area contributed by atoms with E-state index in [1.807, 2.05) is 30.5 Å². The molecule has 0 saturated heterocycles. The molecular formula is C22H20FN5O2S. The Morgan fingerprint density at radius 2 is 1.87 bits per heavy atom. The van der Waals surface area contributed by atoms with E-state index in [4.69, 9.17) is 0 Å². The van der Waals surface area contributed by atoms with Gasteiger partial charge in [0.05, 0.1) is 5.69 Å². The standard InChI is InChI=1S/C22H20FN5O2S/c1-2-14-5-3-4-6-18(14)25-21(30)20(29)24-12-11-17-13-31-22-26-19(27-28(17)22)15-7-9-16(23)10-8-15/h3-10,13H,2,11-12H2,1H3,(H,24,29)(H,25,30). The monoisotopic (exact) mass is 437 g/mol. The van der Waals surface area contributed by atoms with E-state index in [0.29, 0.717) is 22.9 Å². The highest BCUT2D eigenvalue weighted by Gasteiger charge is 2.16. The second kappa shape index (κ2) is 9.05. The Labute approximate surface area is 181 Å². The van der Waals surface area contributed by atoms with Gasteiger partial charge in [-0.3, -0.25) is 9.59 Å². The number of aromatic nitrogens is 3. The topological polar surface area (TPSA) is 88.4 Å². The van der Waals surface area contributed by atoms with Crippen LogP contribution in [-0.4, -0.2) is 33.0 Å². The van der Waals surface area contributed by atoms with Gasteiger partial charge in [-0.1, -0.05) is 25.1 Å². The normalized spacial score (nSPS) is 10.9. The van der Waals surface area contributed by atoms with Crippen molar-refractivity contribution in [2.75, 3.05) is 11.9 Å². The number of carbonyl (C=O) groups excluding carboxylic acids is 2. The van der Waals surface area contributed by atoms with E-state index in [2.05, 4.69) is 20.7 Å². The van der Waals surface area contributed by atoms with Crippen LogP contribution in [0, 0.1) is 5.82 Å². The Morgan fingerprint density at radius 3 is 2.65 bits per heavy atom. The van der Waals surface area contributed by atoms with Gasteiger partial charge in [0.25, 0.3) is 0 Å². The molecule has 0 aliphatic heterocycles. The average Bonchev–Trinajstić information content (AvgIpc) is 3.36. The Hall–Kier alpha value is -3.59. The lowest BCUT2D eigenvalue weighted by Gasteiger charge is -2.09. The van der Waals surface area contributed by atoms with Gasteiger partial charge >= 0.3 is 11.8 Å². The number of carbonyl (C=O) groups is 2. The summed E-state index contributed by atoms with van der Waals surface area (Å²) in [7, 11) is 0. The molecule has 2 heterocycles. The fourth-order valence-corrected chi connectivity index (χ4v) is 3.99. The zero-order valence-corrected chi connectivity index (χ0v) is 17.6. The van der Waals surface area contributed by atoms with Crippen LogP contribution in [0.1, 0.15) is 18.2 Å². The maximum atomic E-state index is 13.1. The van der Waals surface area contributed by atoms with Crippen molar-refractivity contribution in [1.29, 1.82) is 0 Å². The summed E-state index contributed by atoms with van der Waals surface area (Å²) < 4.78 is 14.8. The van der Waals surface area contributed by atoms with E-state index in [9.17, 15) is 14.0 Å². The molecule has 4 rings (SSSR count). The van der Waals surface area contributed by atoms with E-state index in [1.54, 1.807) is 22.7 Å². The van der Waals surface area contributed by atoms with Crippen LogP contribution in [0.15, 0.2) is 53.9 Å². The van der Waals surface area contributed by atoms with Crippen LogP contribution in [-0.2, 0) is 22.4 Å². The molecule has 31 heavy (non-hydrogen) atoms. The minimum absolute atomic E-state index is 0.277. The number of amides is 2. The van der Waals surface area contributed by atoms with Crippen molar-refractivity contribution in [1.82, 2.24) is 19.9 Å². The molecule has 0 aliphatic rings. The first kappa shape index (κ1) is 20.7. The molecule has 0 aliphatic carbocycles. The predicted molar refractivity (Wildman–Crippen MR) is 117 cm³/mol. The Bertz CT molecular complexity index is 1230. The van der Waals surface area contributed by atoms with E-state index < -0.39 is 11.8 Å². The Morgan fingerprint density at radius 1 is 1.10 bits per heavy atom. The SMILES string of the molecule is CCc1ccccc1NC(=O)C(=O)NCCc1csc2nc(-c3ccc(F)cc3)nn12. The molecule has 2 aromatic heterocycles. The van der Waals surface area contributed by atoms with Crippen molar-refractivity contribution in [3.63, 3.8) is 0 Å². The molecule has 2 N–H and O–H groups in total. The zero-order valence-electron chi connectivity index (χ0n) is 16.8. The van der Waals surface area contributed by atoms with Crippen molar-refractivity contribution in [3.05, 3.63) is 71.0 Å². The van der Waals surface area contributed by atoms with Gasteiger partial charge in [-0.25, -0.2) is 8.91 Å². The number of benzene rings is 2. The minimum Gasteiger partial charge on any atom is -0.347 e. The van der Waals surface area contributed by atoms with Gasteiger partial charge in [0.1, 0.15) is 5.82 Å². The largest absolute Gasteiger partial charge is 0.347 e. The van der Waals surface area contributed by atoms with Crippen molar-refractivity contribution in [3.8, 4) is 11.4 Å². The summed E-state index contributed by atoms with van der Waals surface area (Å²) in [5.41, 5.74) is 3.19. The average molecular weight is 438 g/mol. The number of halogens is 1. The predicted octanol–water partition coefficient (Wildman–Crippen LogP) is 3.46. The summed E-state index contributed by atoms with van der Waals surface area (Å²) in [6, 6.07) is 13.4. The summed E-state index contributed by atoms with van der Waals surface area (Å²) in [5, 5.41) is 11.7. The van der Waals surface area contributed by atoms with Crippen LogP contribution in [0.2, 0.25) is 0 Å². The molecule has 9 heteroatoms. The van der Waals surface area contributed by atoms with Crippen molar-refractivity contribution >= 4 is 33.8 Å². The molecule has 0 fully saturated rings. The van der Waals surface area contributed by atoms with Gasteiger partial charge in [0.15, 0.2) is 5.82 Å². The van der Waals surface area contributed by atoms with Crippen LogP contribution < -0.4 is 10.6 Å². The van der Waals surface area contributed by atoms with E-state index >= 15 is 0 Å². The molecule has 158 valence electrons. The first-order chi connectivity index (χ1) is 15.0. The quantitative estimate of drug-likeness (QED) is 0.452. The molecule has 0 atom stereocenters. The number of nitrogens with zero attached hydrogens (tertiary/aromatic N) is 3. The first-order valence-corrected chi connectivity index (χ1v) is 10.7. The molecule has 0 bridgehead atoms. The number of nitrogens with one attached hydrogen (secondary N) is 2. The lowest BCUT2D eigenvalue weighted by Crippen LogP contribution is -2.36. The van der Waals surface area contributed by atoms with Crippen LogP contribution >= 0.6 is 11.3 Å². The molecule has 0 unspecified atom stereocenters. The van der Waals surface area contributed by atoms with Gasteiger partial charge < -0.3 is 10.6 Å². The minimum atomic E-state index is -0.698. The van der Waals surface area contributed by atoms with Crippen LogP contribution in [0.4, 0.5) is 10.1 Å². The number of rotatable bonds is 6. The van der Waals surface area contributed by atoms with Crippen LogP contribution in [0.5, 0.6) is 0 Å². The van der Waals surface area contributed by atoms with Gasteiger partial charge in [-0.2, -0.15) is 4.98 Å². The Kier molecular flexibility index (Phi) is 6.03. The number of para-hydroxylation sites is 1. The zero-order chi connectivity index (χ0) is 21.8. The summed E-state index contributed by atoms with van der Waals surface area (Å²) in [6.07, 6.45) is 1.24. The molecule has 7 nitrogen and oxygen atoms in total. The third kappa shape index (κ3) is 4.61. The second-order valence-corrected chi connectivity index (χ2v) is 7.67. The lowest BCUT2D eigenvalue weighted by molar-refractivity contribution is -0.136. The summed E-state index contributed by atoms with van der Waals surface area (Å²) in [4.78, 5) is 29.5. The lowest BCUT2D eigenvalue weighted by atomic mass is 10.1. The molecule has 0 radical (unpaired) electrons. The number of aryl methyl sites for hydroxylation is 1. The molecule has 2 amide bonds. The van der Waals surface area contributed by atoms with E-state index in [-0.39, 0.29) is 12.4 Å². The third-order valence-corrected chi connectivity index (χ3v) is 5.64. The van der Waals surface area contributed by atoms with Crippen molar-refractivity contribution < 1.29 is 14.0 Å². The van der Waals surface area contributed by atoms with Gasteiger partial charge in [-0.15, -0.1) is 16.4 Å². The number of hydrogen-bond acceptors (Lipinski definition) is 5. The van der Waals surface area contributed by atoms with Crippen molar-refractivity contribution in [2.24, 2.45) is 0 Å². The molecule has 0 spiro atoms. The van der Waals surface area contributed by atoms with E-state index in [0.717, 1.165) is 23.2 Å². The van der Waals surface area contributed by atoms with Gasteiger partial charge in [0.2, 0.25) is 4.96 Å². The highest BCUT2D eigenvalue weighted by molar-refractivity contribution is 7.15.